The minimum Gasteiger partial charge on any atom is -0.0754 e. The van der Waals surface area contributed by atoms with Gasteiger partial charge in [0.25, 0.3) is 0 Å². The van der Waals surface area contributed by atoms with Crippen LogP contribution in [0.4, 0.5) is 0 Å². The van der Waals surface area contributed by atoms with Crippen molar-refractivity contribution < 1.29 is 0 Å². The fourth-order valence-electron chi connectivity index (χ4n) is 3.99. The van der Waals surface area contributed by atoms with Gasteiger partial charge in [-0.25, -0.2) is 0 Å². The SMILES string of the molecule is CC(C)(C)C1=Cc2ccccc2C1C1C=Cc2ccccc21. The molecule has 0 heteroatoms. The second-order valence-corrected chi connectivity index (χ2v) is 7.47. The molecule has 2 aromatic rings. The second-order valence-electron chi connectivity index (χ2n) is 7.47. The fourth-order valence-corrected chi connectivity index (χ4v) is 3.99. The van der Waals surface area contributed by atoms with Crippen LogP contribution in [0.3, 0.4) is 0 Å². The standard InChI is InChI=1S/C22H22/c1-22(2,3)20-14-16-9-5-7-11-18(16)21(20)19-13-12-15-8-4-6-10-17(15)19/h4-14,19,21H,1-3H3. The molecule has 22 heavy (non-hydrogen) atoms. The number of fused-ring (bicyclic) bond motifs is 2. The molecule has 4 rings (SSSR count). The van der Waals surface area contributed by atoms with Crippen LogP contribution in [0.15, 0.2) is 60.2 Å². The molecule has 0 bridgehead atoms. The molecule has 0 nitrogen and oxygen atoms in total. The third-order valence-electron chi connectivity index (χ3n) is 5.04. The van der Waals surface area contributed by atoms with E-state index in [0.29, 0.717) is 11.8 Å². The summed E-state index contributed by atoms with van der Waals surface area (Å²) in [5.74, 6) is 0.932. The van der Waals surface area contributed by atoms with Gasteiger partial charge >= 0.3 is 0 Å². The van der Waals surface area contributed by atoms with E-state index in [2.05, 4.69) is 87.5 Å². The molecule has 2 unspecified atom stereocenters. The van der Waals surface area contributed by atoms with Gasteiger partial charge < -0.3 is 0 Å². The number of hydrogen-bond donors (Lipinski definition) is 0. The van der Waals surface area contributed by atoms with Gasteiger partial charge in [-0.3, -0.25) is 0 Å². The van der Waals surface area contributed by atoms with Crippen molar-refractivity contribution in [2.24, 2.45) is 5.41 Å². The maximum absolute atomic E-state index is 2.43. The van der Waals surface area contributed by atoms with Crippen LogP contribution in [0, 0.1) is 5.41 Å². The highest BCUT2D eigenvalue weighted by Gasteiger charge is 2.38. The van der Waals surface area contributed by atoms with E-state index in [1.54, 1.807) is 5.57 Å². The maximum atomic E-state index is 2.43. The smallest absolute Gasteiger partial charge is 0.0166 e. The molecule has 2 atom stereocenters. The number of benzene rings is 2. The zero-order valence-corrected chi connectivity index (χ0v) is 13.5. The number of hydrogen-bond acceptors (Lipinski definition) is 0. The van der Waals surface area contributed by atoms with Crippen molar-refractivity contribution in [3.8, 4) is 0 Å². The first-order valence-corrected chi connectivity index (χ1v) is 8.14. The molecule has 2 aromatic carbocycles. The fraction of sp³-hybridized carbons (Fsp3) is 0.273. The molecule has 0 fully saturated rings. The first-order chi connectivity index (χ1) is 10.6. The van der Waals surface area contributed by atoms with E-state index in [0.717, 1.165) is 0 Å². The van der Waals surface area contributed by atoms with E-state index in [9.17, 15) is 0 Å². The number of allylic oxidation sites excluding steroid dienone is 2. The average molecular weight is 286 g/mol. The molecular weight excluding hydrogens is 264 g/mol. The third kappa shape index (κ3) is 1.98. The van der Waals surface area contributed by atoms with E-state index < -0.39 is 0 Å². The molecule has 0 N–H and O–H groups in total. The van der Waals surface area contributed by atoms with Crippen LogP contribution >= 0.6 is 0 Å². The van der Waals surface area contributed by atoms with Gasteiger partial charge in [0.1, 0.15) is 0 Å². The summed E-state index contributed by atoms with van der Waals surface area (Å²) in [6.45, 7) is 7.01. The molecule has 0 saturated carbocycles. The predicted molar refractivity (Wildman–Crippen MR) is 94.8 cm³/mol. The minimum atomic E-state index is 0.190. The largest absolute Gasteiger partial charge is 0.0754 e. The summed E-state index contributed by atoms with van der Waals surface area (Å²) in [4.78, 5) is 0. The van der Waals surface area contributed by atoms with Gasteiger partial charge in [0.05, 0.1) is 0 Å². The molecule has 0 aliphatic heterocycles. The molecule has 0 saturated heterocycles. The van der Waals surface area contributed by atoms with Gasteiger partial charge in [-0.1, -0.05) is 93.1 Å². The lowest BCUT2D eigenvalue weighted by atomic mass is 9.72. The average Bonchev–Trinajstić information content (AvgIpc) is 3.07. The summed E-state index contributed by atoms with van der Waals surface area (Å²) in [7, 11) is 0. The van der Waals surface area contributed by atoms with Crippen molar-refractivity contribution in [3.05, 3.63) is 82.4 Å². The van der Waals surface area contributed by atoms with Crippen LogP contribution in [0.2, 0.25) is 0 Å². The van der Waals surface area contributed by atoms with Crippen LogP contribution in [-0.4, -0.2) is 0 Å². The highest BCUT2D eigenvalue weighted by Crippen LogP contribution is 2.53. The Labute approximate surface area is 133 Å². The first kappa shape index (κ1) is 13.6. The Balaban J connectivity index is 1.87. The molecule has 2 aliphatic rings. The van der Waals surface area contributed by atoms with Crippen molar-refractivity contribution in [2.75, 3.05) is 0 Å². The summed E-state index contributed by atoms with van der Waals surface area (Å²) in [6.07, 6.45) is 7.12. The van der Waals surface area contributed by atoms with Crippen LogP contribution < -0.4 is 0 Å². The summed E-state index contributed by atoms with van der Waals surface area (Å²) >= 11 is 0. The summed E-state index contributed by atoms with van der Waals surface area (Å²) < 4.78 is 0. The Kier molecular flexibility index (Phi) is 2.91. The van der Waals surface area contributed by atoms with Crippen LogP contribution in [-0.2, 0) is 0 Å². The molecular formula is C22H22. The predicted octanol–water partition coefficient (Wildman–Crippen LogP) is 6.02. The van der Waals surface area contributed by atoms with Gasteiger partial charge in [0.15, 0.2) is 0 Å². The normalized spacial score (nSPS) is 22.4. The lowest BCUT2D eigenvalue weighted by molar-refractivity contribution is 0.460. The lowest BCUT2D eigenvalue weighted by Gasteiger charge is -2.31. The highest BCUT2D eigenvalue weighted by atomic mass is 14.4. The molecule has 0 radical (unpaired) electrons. The summed E-state index contributed by atoms with van der Waals surface area (Å²) in [5, 5.41) is 0. The molecule has 0 spiro atoms. The van der Waals surface area contributed by atoms with E-state index >= 15 is 0 Å². The molecule has 110 valence electrons. The molecule has 2 aliphatic carbocycles. The first-order valence-electron chi connectivity index (χ1n) is 8.14. The van der Waals surface area contributed by atoms with Crippen molar-refractivity contribution >= 4 is 12.2 Å². The Morgan fingerprint density at radius 3 is 2.14 bits per heavy atom. The zero-order chi connectivity index (χ0) is 15.3. The van der Waals surface area contributed by atoms with E-state index in [1.165, 1.54) is 22.3 Å². The Morgan fingerprint density at radius 2 is 1.41 bits per heavy atom. The van der Waals surface area contributed by atoms with Crippen molar-refractivity contribution in [1.29, 1.82) is 0 Å². The summed E-state index contributed by atoms with van der Waals surface area (Å²) in [5.41, 5.74) is 7.48. The third-order valence-corrected chi connectivity index (χ3v) is 5.04. The van der Waals surface area contributed by atoms with E-state index in [4.69, 9.17) is 0 Å². The Bertz CT molecular complexity index is 784. The maximum Gasteiger partial charge on any atom is 0.0166 e. The van der Waals surface area contributed by atoms with Crippen LogP contribution in [0.5, 0.6) is 0 Å². The van der Waals surface area contributed by atoms with Gasteiger partial charge in [-0.15, -0.1) is 0 Å². The highest BCUT2D eigenvalue weighted by molar-refractivity contribution is 5.72. The topological polar surface area (TPSA) is 0 Å². The van der Waals surface area contributed by atoms with Crippen LogP contribution in [0.25, 0.3) is 12.2 Å². The zero-order valence-electron chi connectivity index (χ0n) is 13.5. The number of rotatable bonds is 1. The van der Waals surface area contributed by atoms with Gasteiger partial charge in [-0.2, -0.15) is 0 Å². The van der Waals surface area contributed by atoms with Crippen molar-refractivity contribution in [2.45, 2.75) is 32.6 Å². The quantitative estimate of drug-likeness (QED) is 0.601. The van der Waals surface area contributed by atoms with Crippen LogP contribution in [0.1, 0.15) is 54.9 Å². The summed E-state index contributed by atoms with van der Waals surface area (Å²) in [6, 6.07) is 17.7. The monoisotopic (exact) mass is 286 g/mol. The van der Waals surface area contributed by atoms with Gasteiger partial charge in [-0.05, 0) is 27.7 Å². The van der Waals surface area contributed by atoms with Crippen molar-refractivity contribution in [3.63, 3.8) is 0 Å². The van der Waals surface area contributed by atoms with Crippen molar-refractivity contribution in [1.82, 2.24) is 0 Å². The molecule has 0 amide bonds. The second kappa shape index (κ2) is 4.71. The molecule has 0 heterocycles. The Hall–Kier alpha value is -2.08. The lowest BCUT2D eigenvalue weighted by Crippen LogP contribution is -2.18. The van der Waals surface area contributed by atoms with E-state index in [1.807, 2.05) is 0 Å². The van der Waals surface area contributed by atoms with Gasteiger partial charge in [0.2, 0.25) is 0 Å². The van der Waals surface area contributed by atoms with Gasteiger partial charge in [0, 0.05) is 11.8 Å². The molecule has 0 aromatic heterocycles. The minimum absolute atomic E-state index is 0.190. The Morgan fingerprint density at radius 1 is 0.773 bits per heavy atom. The van der Waals surface area contributed by atoms with E-state index in [-0.39, 0.29) is 5.41 Å².